The van der Waals surface area contributed by atoms with Gasteiger partial charge in [0.2, 0.25) is 8.32 Å². The highest BCUT2D eigenvalue weighted by atomic mass is 28.4. The molecule has 2 aromatic rings. The second-order valence-corrected chi connectivity index (χ2v) is 23.4. The van der Waals surface area contributed by atoms with Crippen molar-refractivity contribution in [3.63, 3.8) is 0 Å². The van der Waals surface area contributed by atoms with Crippen molar-refractivity contribution in [1.29, 1.82) is 0 Å². The summed E-state index contributed by atoms with van der Waals surface area (Å²) in [4.78, 5) is 0. The van der Waals surface area contributed by atoms with Crippen LogP contribution in [0.3, 0.4) is 0 Å². The number of ether oxygens (including phenoxy) is 1. The first-order valence-corrected chi connectivity index (χ1v) is 19.8. The van der Waals surface area contributed by atoms with Crippen LogP contribution in [0.4, 0.5) is 0 Å². The Hall–Kier alpha value is -1.71. The lowest BCUT2D eigenvalue weighted by Crippen LogP contribution is -2.66. The van der Waals surface area contributed by atoms with Gasteiger partial charge in [-0.3, -0.25) is 0 Å². The van der Waals surface area contributed by atoms with Crippen LogP contribution in [0.25, 0.3) is 0 Å². The predicted molar refractivity (Wildman–Crippen MR) is 178 cm³/mol. The Morgan fingerprint density at radius 2 is 1.37 bits per heavy atom. The minimum absolute atomic E-state index is 0.0232. The lowest BCUT2D eigenvalue weighted by molar-refractivity contribution is 0.0274. The maximum Gasteiger partial charge on any atom is 0.261 e. The van der Waals surface area contributed by atoms with Gasteiger partial charge in [-0.2, -0.15) is 0 Å². The van der Waals surface area contributed by atoms with Crippen molar-refractivity contribution in [3.05, 3.63) is 72.5 Å². The van der Waals surface area contributed by atoms with E-state index in [1.807, 2.05) is 0 Å². The molecule has 3 rings (SSSR count). The van der Waals surface area contributed by atoms with Crippen LogP contribution in [0, 0.1) is 0 Å². The second-order valence-electron chi connectivity index (χ2n) is 13.7. The van der Waals surface area contributed by atoms with Gasteiger partial charge < -0.3 is 18.7 Å². The van der Waals surface area contributed by atoms with Crippen molar-refractivity contribution < 1.29 is 18.7 Å². The van der Waals surface area contributed by atoms with Crippen molar-refractivity contribution >= 4 is 27.0 Å². The predicted octanol–water partition coefficient (Wildman–Crippen LogP) is 7.96. The standard InChI is InChI=1S/C35H56O4Si2/c1-27(2)40(28(3)4,29(5)6)39-32-25-30(17-16-23-36)38-31(26-32)22-24-37-41(35(7,8)9,33-18-12-10-13-19-33)34-20-14-11-15-21-34/h10-15,18-21,25,27-29,31-32,36H,16-17,22-24,26H2,1-9H3/t31-,32-/m0/s1. The average Bonchev–Trinajstić information content (AvgIpc) is 2.92. The van der Waals surface area contributed by atoms with E-state index in [4.69, 9.17) is 13.6 Å². The highest BCUT2D eigenvalue weighted by molar-refractivity contribution is 6.99. The van der Waals surface area contributed by atoms with Crippen LogP contribution in [0.1, 0.15) is 88.0 Å². The fourth-order valence-corrected chi connectivity index (χ4v) is 17.4. The number of allylic oxidation sites excluding steroid dienone is 1. The fourth-order valence-electron chi connectivity index (χ4n) is 7.27. The van der Waals surface area contributed by atoms with Crippen molar-refractivity contribution in [2.24, 2.45) is 0 Å². The van der Waals surface area contributed by atoms with Gasteiger partial charge in [-0.05, 0) is 44.5 Å². The Morgan fingerprint density at radius 3 is 1.80 bits per heavy atom. The molecule has 228 valence electrons. The van der Waals surface area contributed by atoms with Crippen molar-refractivity contribution in [3.8, 4) is 0 Å². The molecular weight excluding hydrogens is 541 g/mol. The van der Waals surface area contributed by atoms with Crippen LogP contribution in [-0.2, 0) is 13.6 Å². The molecule has 41 heavy (non-hydrogen) atoms. The maximum atomic E-state index is 9.53. The molecule has 0 bridgehead atoms. The van der Waals surface area contributed by atoms with Crippen LogP contribution >= 0.6 is 0 Å². The summed E-state index contributed by atoms with van der Waals surface area (Å²) in [5, 5.41) is 12.1. The Labute approximate surface area is 252 Å². The first-order valence-electron chi connectivity index (χ1n) is 15.8. The third kappa shape index (κ3) is 7.63. The zero-order chi connectivity index (χ0) is 30.3. The summed E-state index contributed by atoms with van der Waals surface area (Å²) in [6, 6.07) is 21.7. The summed E-state index contributed by atoms with van der Waals surface area (Å²) in [5.74, 6) is 0.963. The smallest absolute Gasteiger partial charge is 0.261 e. The lowest BCUT2D eigenvalue weighted by atomic mass is 10.0. The van der Waals surface area contributed by atoms with E-state index in [0.29, 0.717) is 29.7 Å². The molecule has 0 unspecified atom stereocenters. The molecule has 1 heterocycles. The molecule has 6 heteroatoms. The summed E-state index contributed by atoms with van der Waals surface area (Å²) in [6.45, 7) is 21.8. The van der Waals surface area contributed by atoms with Gasteiger partial charge in [-0.15, -0.1) is 0 Å². The molecule has 0 radical (unpaired) electrons. The van der Waals surface area contributed by atoms with Gasteiger partial charge in [0, 0.05) is 32.5 Å². The largest absolute Gasteiger partial charge is 0.495 e. The van der Waals surface area contributed by atoms with Crippen molar-refractivity contribution in [2.45, 2.75) is 122 Å². The van der Waals surface area contributed by atoms with Gasteiger partial charge >= 0.3 is 0 Å². The van der Waals surface area contributed by atoms with Gasteiger partial charge in [0.25, 0.3) is 8.32 Å². The minimum atomic E-state index is -2.60. The maximum absolute atomic E-state index is 9.53. The number of hydrogen-bond acceptors (Lipinski definition) is 4. The number of hydrogen-bond donors (Lipinski definition) is 1. The van der Waals surface area contributed by atoms with Crippen LogP contribution in [0.15, 0.2) is 72.5 Å². The quantitative estimate of drug-likeness (QED) is 0.225. The highest BCUT2D eigenvalue weighted by Crippen LogP contribution is 2.44. The summed E-state index contributed by atoms with van der Waals surface area (Å²) in [7, 11) is -4.65. The van der Waals surface area contributed by atoms with E-state index in [1.54, 1.807) is 0 Å². The number of aliphatic hydroxyl groups is 1. The minimum Gasteiger partial charge on any atom is -0.495 e. The van der Waals surface area contributed by atoms with Gasteiger partial charge in [0.1, 0.15) is 6.10 Å². The first-order chi connectivity index (χ1) is 19.4. The van der Waals surface area contributed by atoms with Crippen molar-refractivity contribution in [1.82, 2.24) is 0 Å². The number of aliphatic hydroxyl groups excluding tert-OH is 1. The van der Waals surface area contributed by atoms with Crippen molar-refractivity contribution in [2.75, 3.05) is 13.2 Å². The third-order valence-electron chi connectivity index (χ3n) is 9.00. The molecule has 1 aliphatic rings. The third-order valence-corrected chi connectivity index (χ3v) is 20.2. The molecule has 0 aliphatic carbocycles. The summed E-state index contributed by atoms with van der Waals surface area (Å²) in [6.07, 6.45) is 5.36. The van der Waals surface area contributed by atoms with E-state index in [-0.39, 0.29) is 23.9 Å². The SMILES string of the molecule is CC(C)[Si](O[C@H]1C=C(CCCO)O[C@@H](CCO[Si](c2ccccc2)(c2ccccc2)C(C)(C)C)C1)(C(C)C)C(C)C. The van der Waals surface area contributed by atoms with E-state index < -0.39 is 16.6 Å². The molecule has 0 spiro atoms. The van der Waals surface area contributed by atoms with E-state index in [9.17, 15) is 5.11 Å². The normalized spacial score (nSPS) is 18.6. The zero-order valence-corrected chi connectivity index (χ0v) is 29.2. The Kier molecular flexibility index (Phi) is 12.1. The van der Waals surface area contributed by atoms with Gasteiger partial charge in [-0.25, -0.2) is 0 Å². The molecule has 1 N–H and O–H groups in total. The Balaban J connectivity index is 1.88. The van der Waals surface area contributed by atoms with E-state index in [2.05, 4.69) is 129 Å². The molecule has 0 amide bonds. The fraction of sp³-hybridized carbons (Fsp3) is 0.600. The second kappa shape index (κ2) is 14.7. The molecule has 0 saturated carbocycles. The molecule has 0 aromatic heterocycles. The van der Waals surface area contributed by atoms with Crippen LogP contribution in [0.5, 0.6) is 0 Å². The molecule has 2 atom stereocenters. The summed E-state index contributed by atoms with van der Waals surface area (Å²) < 4.78 is 21.0. The monoisotopic (exact) mass is 596 g/mol. The lowest BCUT2D eigenvalue weighted by Gasteiger charge is -2.46. The van der Waals surface area contributed by atoms with Crippen LogP contribution in [0.2, 0.25) is 21.7 Å². The molecule has 4 nitrogen and oxygen atoms in total. The van der Waals surface area contributed by atoms with Gasteiger partial charge in [0.15, 0.2) is 0 Å². The van der Waals surface area contributed by atoms with Gasteiger partial charge in [-0.1, -0.05) is 123 Å². The molecule has 0 saturated heterocycles. The average molecular weight is 597 g/mol. The number of rotatable bonds is 14. The van der Waals surface area contributed by atoms with Crippen LogP contribution < -0.4 is 10.4 Å². The zero-order valence-electron chi connectivity index (χ0n) is 27.2. The van der Waals surface area contributed by atoms with Crippen LogP contribution in [-0.4, -0.2) is 47.2 Å². The molecule has 2 aromatic carbocycles. The molecule has 0 fully saturated rings. The Bertz CT molecular complexity index is 1020. The molecular formula is C35H56O4Si2. The van der Waals surface area contributed by atoms with Gasteiger partial charge in [0.05, 0.1) is 11.9 Å². The van der Waals surface area contributed by atoms with E-state index in [1.165, 1.54) is 10.4 Å². The first kappa shape index (κ1) is 33.8. The van der Waals surface area contributed by atoms with E-state index in [0.717, 1.165) is 25.0 Å². The Morgan fingerprint density at radius 1 is 0.854 bits per heavy atom. The number of benzene rings is 2. The van der Waals surface area contributed by atoms with E-state index >= 15 is 0 Å². The highest BCUT2D eigenvalue weighted by Gasteiger charge is 2.50. The summed E-state index contributed by atoms with van der Waals surface area (Å²) >= 11 is 0. The topological polar surface area (TPSA) is 47.9 Å². The molecule has 1 aliphatic heterocycles. The summed E-state index contributed by atoms with van der Waals surface area (Å²) in [5.41, 5.74) is 1.57.